The van der Waals surface area contributed by atoms with Crippen LogP contribution in [0.2, 0.25) is 0 Å². The Hall–Kier alpha value is 0.700. The molecule has 214 valence electrons. The van der Waals surface area contributed by atoms with Gasteiger partial charge in [0.15, 0.2) is 0 Å². The van der Waals surface area contributed by atoms with Crippen LogP contribution in [0.4, 0.5) is 0 Å². The molecule has 0 saturated carbocycles. The lowest BCUT2D eigenvalue weighted by atomic mass is 10.0. The van der Waals surface area contributed by atoms with Gasteiger partial charge in [0.2, 0.25) is 0 Å². The number of rotatable bonds is 7. The Labute approximate surface area is 227 Å². The van der Waals surface area contributed by atoms with Gasteiger partial charge in [-0.2, -0.15) is 0 Å². The molecule has 0 unspecified atom stereocenters. The summed E-state index contributed by atoms with van der Waals surface area (Å²) in [6.07, 6.45) is 3.21. The molecule has 0 aromatic rings. The van der Waals surface area contributed by atoms with Gasteiger partial charge in [0.1, 0.15) is 0 Å². The van der Waals surface area contributed by atoms with E-state index >= 15 is 0 Å². The van der Waals surface area contributed by atoms with Crippen molar-refractivity contribution < 1.29 is 18.9 Å². The van der Waals surface area contributed by atoms with Gasteiger partial charge in [0.25, 0.3) is 0 Å². The molecule has 36 heavy (non-hydrogen) atoms. The Balaban J connectivity index is 2.23. The number of hydrogen-bond donors (Lipinski definition) is 0. The second kappa shape index (κ2) is 11.7. The van der Waals surface area contributed by atoms with Gasteiger partial charge in [-0.25, -0.2) is 0 Å². The predicted octanol–water partition coefficient (Wildman–Crippen LogP) is 8.27. The number of ether oxygens (including phenoxy) is 4. The fourth-order valence-corrected chi connectivity index (χ4v) is 13.3. The Bertz CT molecular complexity index is 584. The summed E-state index contributed by atoms with van der Waals surface area (Å²) >= 11 is 0. The van der Waals surface area contributed by atoms with Crippen LogP contribution in [-0.4, -0.2) is 81.8 Å². The Morgan fingerprint density at radius 3 is 0.694 bits per heavy atom. The molecule has 2 aliphatic heterocycles. The third kappa shape index (κ3) is 9.13. The van der Waals surface area contributed by atoms with Gasteiger partial charge in [-0.1, -0.05) is 43.5 Å². The van der Waals surface area contributed by atoms with E-state index in [0.29, 0.717) is 22.6 Å². The molecule has 0 spiro atoms. The minimum absolute atomic E-state index is 0.158. The summed E-state index contributed by atoms with van der Waals surface area (Å²) in [5.41, 5.74) is 1.46. The average Bonchev–Trinajstić information content (AvgIpc) is 2.96. The maximum atomic E-state index is 6.68. The molecule has 4 nitrogen and oxygen atoms in total. The Kier molecular flexibility index (Phi) is 10.7. The highest BCUT2D eigenvalue weighted by molar-refractivity contribution is 7.63. The largest absolute Gasteiger partial charge is 0.369 e. The summed E-state index contributed by atoms with van der Waals surface area (Å²) in [6.45, 7) is 35.8. The summed E-state index contributed by atoms with van der Waals surface area (Å²) in [6, 6.07) is 0. The first-order chi connectivity index (χ1) is 16.0. The van der Waals surface area contributed by atoms with E-state index in [1.807, 2.05) is 0 Å². The molecule has 0 N–H and O–H groups in total. The molecule has 0 aromatic heterocycles. The molecule has 6 heteroatoms. The maximum absolute atomic E-state index is 6.68. The van der Waals surface area contributed by atoms with E-state index in [9.17, 15) is 0 Å². The van der Waals surface area contributed by atoms with Crippen LogP contribution in [0.1, 0.15) is 111 Å². The molecule has 2 rings (SSSR count). The van der Waals surface area contributed by atoms with Gasteiger partial charge in [0.05, 0.1) is 46.8 Å². The lowest BCUT2D eigenvalue weighted by molar-refractivity contribution is -0.155. The van der Waals surface area contributed by atoms with Crippen molar-refractivity contribution in [3.63, 3.8) is 0 Å². The summed E-state index contributed by atoms with van der Waals surface area (Å²) in [4.78, 5) is 0. The van der Waals surface area contributed by atoms with E-state index in [1.165, 1.54) is 12.3 Å². The van der Waals surface area contributed by atoms with Crippen LogP contribution < -0.4 is 0 Å². The fraction of sp³-hybridized carbons (Fsp3) is 1.00. The molecule has 2 saturated heterocycles. The zero-order chi connectivity index (χ0) is 28.0. The van der Waals surface area contributed by atoms with Crippen molar-refractivity contribution in [2.45, 2.75) is 180 Å². The maximum Gasteiger partial charge on any atom is 0.0914 e. The topological polar surface area (TPSA) is 36.9 Å². The minimum atomic E-state index is -0.204. The molecule has 0 amide bonds. The van der Waals surface area contributed by atoms with Crippen LogP contribution in [0.5, 0.6) is 0 Å². The average molecular weight is 547 g/mol. The molecule has 0 aliphatic carbocycles. The molecule has 2 aliphatic rings. The van der Waals surface area contributed by atoms with E-state index in [2.05, 4.69) is 111 Å². The molecule has 2 heterocycles. The first-order valence-corrected chi connectivity index (χ1v) is 17.6. The summed E-state index contributed by atoms with van der Waals surface area (Å²) in [5, 5.41) is 0. The van der Waals surface area contributed by atoms with E-state index in [-0.39, 0.29) is 62.7 Å². The van der Waals surface area contributed by atoms with Crippen LogP contribution in [-0.2, 0) is 18.9 Å². The summed E-state index contributed by atoms with van der Waals surface area (Å²) in [7, 11) is -0.408. The molecule has 0 radical (unpaired) electrons. The molecule has 8 atom stereocenters. The van der Waals surface area contributed by atoms with Crippen LogP contribution in [0.25, 0.3) is 0 Å². The zero-order valence-corrected chi connectivity index (χ0v) is 28.3. The van der Waals surface area contributed by atoms with Crippen LogP contribution >= 0.6 is 15.8 Å². The van der Waals surface area contributed by atoms with Gasteiger partial charge in [0, 0.05) is 22.6 Å². The first-order valence-electron chi connectivity index (χ1n) is 14.2. The monoisotopic (exact) mass is 546 g/mol. The quantitative estimate of drug-likeness (QED) is 0.301. The summed E-state index contributed by atoms with van der Waals surface area (Å²) < 4.78 is 26.7. The van der Waals surface area contributed by atoms with Crippen molar-refractivity contribution in [2.75, 3.05) is 12.3 Å². The van der Waals surface area contributed by atoms with Crippen molar-refractivity contribution in [1.29, 1.82) is 0 Å². The van der Waals surface area contributed by atoms with Crippen molar-refractivity contribution in [2.24, 2.45) is 0 Å². The van der Waals surface area contributed by atoms with E-state index in [1.54, 1.807) is 0 Å². The predicted molar refractivity (Wildman–Crippen MR) is 160 cm³/mol. The van der Waals surface area contributed by atoms with Gasteiger partial charge >= 0.3 is 0 Å². The van der Waals surface area contributed by atoms with Gasteiger partial charge in [-0.15, -0.1) is 0 Å². The van der Waals surface area contributed by atoms with Crippen molar-refractivity contribution in [3.8, 4) is 0 Å². The standard InChI is InChI=1S/C30H60O4P2/c1-19-23(31-27(5,6)7)24(32-28(8,9)10)20(2)35(19)17-18-36-21(3)25(33-29(11,12)13)26(22(36)4)34-30(14,15)16/h19-26H,17-18H2,1-16H3/t19-,20-,21-,22-,23+,24+,25+,26+/m0/s1. The summed E-state index contributed by atoms with van der Waals surface area (Å²) in [5.74, 6) is 0. The lowest BCUT2D eigenvalue weighted by Crippen LogP contribution is -2.44. The highest BCUT2D eigenvalue weighted by Crippen LogP contribution is 2.63. The second-order valence-corrected chi connectivity index (χ2v) is 21.4. The zero-order valence-electron chi connectivity index (χ0n) is 26.6. The van der Waals surface area contributed by atoms with E-state index in [0.717, 1.165) is 0 Å². The molecule has 0 bridgehead atoms. The molecule has 2 fully saturated rings. The van der Waals surface area contributed by atoms with Crippen molar-refractivity contribution >= 4 is 15.8 Å². The van der Waals surface area contributed by atoms with Crippen LogP contribution in [0.15, 0.2) is 0 Å². The lowest BCUT2D eigenvalue weighted by Gasteiger charge is -2.35. The molecular formula is C30H60O4P2. The van der Waals surface area contributed by atoms with Crippen LogP contribution in [0, 0.1) is 0 Å². The van der Waals surface area contributed by atoms with Gasteiger partial charge in [-0.3, -0.25) is 0 Å². The molecular weight excluding hydrogens is 486 g/mol. The van der Waals surface area contributed by atoms with Crippen molar-refractivity contribution in [3.05, 3.63) is 0 Å². The third-order valence-corrected chi connectivity index (χ3v) is 14.4. The van der Waals surface area contributed by atoms with E-state index in [4.69, 9.17) is 18.9 Å². The van der Waals surface area contributed by atoms with E-state index < -0.39 is 0 Å². The normalized spacial score (nSPS) is 38.7. The first kappa shape index (κ1) is 32.9. The fourth-order valence-electron chi connectivity index (χ4n) is 5.94. The third-order valence-electron chi connectivity index (χ3n) is 7.22. The second-order valence-electron chi connectivity index (χ2n) is 15.2. The molecule has 0 aromatic carbocycles. The minimum Gasteiger partial charge on any atom is -0.369 e. The van der Waals surface area contributed by atoms with Crippen molar-refractivity contribution in [1.82, 2.24) is 0 Å². The highest BCUT2D eigenvalue weighted by Gasteiger charge is 2.52. The SMILES string of the molecule is C[C@H]1[C@@H](OC(C)(C)C)[C@H](OC(C)(C)C)[C@H](C)P1CCP1[C@@H](C)[C@@H](OC(C)(C)C)[C@H](OC(C)(C)C)[C@@H]1C. The Morgan fingerprint density at radius 2 is 0.556 bits per heavy atom. The van der Waals surface area contributed by atoms with Gasteiger partial charge in [-0.05, 0) is 95.4 Å². The highest BCUT2D eigenvalue weighted by atomic mass is 31.1. The van der Waals surface area contributed by atoms with Crippen LogP contribution in [0.3, 0.4) is 0 Å². The number of hydrogen-bond acceptors (Lipinski definition) is 4. The smallest absolute Gasteiger partial charge is 0.0914 e. The Morgan fingerprint density at radius 1 is 0.389 bits per heavy atom. The van der Waals surface area contributed by atoms with Gasteiger partial charge < -0.3 is 18.9 Å².